The van der Waals surface area contributed by atoms with Crippen LogP contribution >= 0.6 is 0 Å². The third-order valence-electron chi connectivity index (χ3n) is 5.38. The van der Waals surface area contributed by atoms with Gasteiger partial charge in [0.15, 0.2) is 0 Å². The number of hydrogen-bond donors (Lipinski definition) is 1. The quantitative estimate of drug-likeness (QED) is 0.529. The number of ether oxygens (including phenoxy) is 1. The molecular weight excluding hydrogens is 414 g/mol. The number of carbonyl (C=O) groups excluding carboxylic acids is 2. The zero-order valence-electron chi connectivity index (χ0n) is 19.3. The second-order valence-corrected chi connectivity index (χ2v) is 8.40. The summed E-state index contributed by atoms with van der Waals surface area (Å²) in [6, 6.07) is 18.7. The lowest BCUT2D eigenvalue weighted by Crippen LogP contribution is -2.32. The predicted octanol–water partition coefficient (Wildman–Crippen LogP) is 4.88. The fourth-order valence-electron chi connectivity index (χ4n) is 3.73. The first-order valence-electron chi connectivity index (χ1n) is 10.9. The minimum atomic E-state index is -0.371. The van der Waals surface area contributed by atoms with Crippen LogP contribution < -0.4 is 10.1 Å². The van der Waals surface area contributed by atoms with E-state index in [0.29, 0.717) is 22.6 Å². The van der Waals surface area contributed by atoms with Crippen molar-refractivity contribution in [2.75, 3.05) is 5.32 Å². The van der Waals surface area contributed by atoms with Crippen molar-refractivity contribution in [3.8, 4) is 5.75 Å². The van der Waals surface area contributed by atoms with Gasteiger partial charge in [-0.2, -0.15) is 0 Å². The summed E-state index contributed by atoms with van der Waals surface area (Å²) in [5.41, 5.74) is 4.74. The van der Waals surface area contributed by atoms with E-state index in [1.54, 1.807) is 18.3 Å². The highest BCUT2D eigenvalue weighted by atomic mass is 16.5. The molecule has 2 heterocycles. The molecule has 4 rings (SSSR count). The monoisotopic (exact) mass is 441 g/mol. The summed E-state index contributed by atoms with van der Waals surface area (Å²) >= 11 is 0. The number of imide groups is 1. The smallest absolute Gasteiger partial charge is 0.278 e. The molecule has 0 fully saturated rings. The Bertz CT molecular complexity index is 1220. The van der Waals surface area contributed by atoms with Crippen molar-refractivity contribution < 1.29 is 14.3 Å². The van der Waals surface area contributed by atoms with Gasteiger partial charge in [0.1, 0.15) is 11.4 Å². The average Bonchev–Trinajstić information content (AvgIpc) is 3.01. The minimum absolute atomic E-state index is 0.0418. The van der Waals surface area contributed by atoms with Gasteiger partial charge in [0.2, 0.25) is 0 Å². The molecule has 2 aromatic carbocycles. The molecule has 0 unspecified atom stereocenters. The predicted molar refractivity (Wildman–Crippen MR) is 128 cm³/mol. The molecule has 0 bridgehead atoms. The molecule has 0 atom stereocenters. The Hall–Kier alpha value is -3.93. The number of pyridine rings is 1. The molecule has 0 saturated heterocycles. The van der Waals surface area contributed by atoms with Gasteiger partial charge < -0.3 is 10.1 Å². The Morgan fingerprint density at radius 3 is 2.39 bits per heavy atom. The van der Waals surface area contributed by atoms with Gasteiger partial charge in [0.25, 0.3) is 11.8 Å². The molecule has 6 nitrogen and oxygen atoms in total. The van der Waals surface area contributed by atoms with Crippen molar-refractivity contribution in [2.24, 2.45) is 0 Å². The van der Waals surface area contributed by atoms with Gasteiger partial charge in [0.05, 0.1) is 23.9 Å². The first-order valence-corrected chi connectivity index (χ1v) is 10.9. The number of nitrogens with zero attached hydrogens (tertiary/aromatic N) is 2. The SMILES string of the molecule is Cc1ccc(C)c(NC2=C(c3ccc(OC(C)C)cc3)C(=O)N(Cc3ccccn3)C2=O)c1. The van der Waals surface area contributed by atoms with Gasteiger partial charge in [-0.1, -0.05) is 30.3 Å². The van der Waals surface area contributed by atoms with E-state index in [1.165, 1.54) is 4.90 Å². The molecular formula is C27H27N3O3. The van der Waals surface area contributed by atoms with Crippen molar-refractivity contribution >= 4 is 23.1 Å². The number of rotatable bonds is 7. The van der Waals surface area contributed by atoms with Crippen molar-refractivity contribution in [1.82, 2.24) is 9.88 Å². The van der Waals surface area contributed by atoms with Crippen LogP contribution in [0.2, 0.25) is 0 Å². The summed E-state index contributed by atoms with van der Waals surface area (Å²) in [6.07, 6.45) is 1.69. The maximum Gasteiger partial charge on any atom is 0.278 e. The second kappa shape index (κ2) is 9.28. The molecule has 0 aliphatic carbocycles. The van der Waals surface area contributed by atoms with E-state index in [4.69, 9.17) is 4.74 Å². The summed E-state index contributed by atoms with van der Waals surface area (Å²) in [6.45, 7) is 7.97. The molecule has 1 aromatic heterocycles. The van der Waals surface area contributed by atoms with Gasteiger partial charge in [-0.15, -0.1) is 0 Å². The van der Waals surface area contributed by atoms with E-state index in [-0.39, 0.29) is 30.2 Å². The van der Waals surface area contributed by atoms with Crippen LogP contribution in [-0.2, 0) is 16.1 Å². The number of anilines is 1. The number of amides is 2. The second-order valence-electron chi connectivity index (χ2n) is 8.40. The summed E-state index contributed by atoms with van der Waals surface area (Å²) in [4.78, 5) is 32.5. The fourth-order valence-corrected chi connectivity index (χ4v) is 3.73. The highest BCUT2D eigenvalue weighted by Crippen LogP contribution is 2.33. The van der Waals surface area contributed by atoms with Crippen LogP contribution in [0.1, 0.15) is 36.2 Å². The lowest BCUT2D eigenvalue weighted by molar-refractivity contribution is -0.137. The highest BCUT2D eigenvalue weighted by Gasteiger charge is 2.39. The molecule has 1 aliphatic rings. The molecule has 33 heavy (non-hydrogen) atoms. The number of aryl methyl sites for hydroxylation is 2. The fraction of sp³-hybridized carbons (Fsp3) is 0.222. The number of carbonyl (C=O) groups is 2. The molecule has 168 valence electrons. The highest BCUT2D eigenvalue weighted by molar-refractivity contribution is 6.36. The molecule has 1 N–H and O–H groups in total. The molecule has 3 aromatic rings. The standard InChI is InChI=1S/C27H27N3O3/c1-17(2)33-22-12-10-20(11-13-22)24-25(29-23-15-18(3)8-9-19(23)4)27(32)30(26(24)31)16-21-7-5-6-14-28-21/h5-15,17,29H,16H2,1-4H3. The maximum absolute atomic E-state index is 13.5. The van der Waals surface area contributed by atoms with Crippen LogP contribution in [-0.4, -0.2) is 27.8 Å². The minimum Gasteiger partial charge on any atom is -0.491 e. The zero-order valence-corrected chi connectivity index (χ0v) is 19.3. The van der Waals surface area contributed by atoms with Gasteiger partial charge in [-0.3, -0.25) is 19.5 Å². The van der Waals surface area contributed by atoms with E-state index in [1.807, 2.05) is 76.2 Å². The first-order chi connectivity index (χ1) is 15.8. The third-order valence-corrected chi connectivity index (χ3v) is 5.38. The Balaban J connectivity index is 1.74. The van der Waals surface area contributed by atoms with Crippen LogP contribution in [0.5, 0.6) is 5.75 Å². The average molecular weight is 442 g/mol. The number of benzene rings is 2. The van der Waals surface area contributed by atoms with Crippen molar-refractivity contribution in [1.29, 1.82) is 0 Å². The number of hydrogen-bond acceptors (Lipinski definition) is 5. The van der Waals surface area contributed by atoms with Crippen LogP contribution in [0, 0.1) is 13.8 Å². The Morgan fingerprint density at radius 2 is 1.73 bits per heavy atom. The Labute approximate surface area is 193 Å². The van der Waals surface area contributed by atoms with Crippen LogP contribution in [0.25, 0.3) is 5.57 Å². The number of nitrogens with one attached hydrogen (secondary N) is 1. The van der Waals surface area contributed by atoms with Crippen LogP contribution in [0.4, 0.5) is 5.69 Å². The largest absolute Gasteiger partial charge is 0.491 e. The van der Waals surface area contributed by atoms with Gasteiger partial charge in [0, 0.05) is 11.9 Å². The Morgan fingerprint density at radius 1 is 0.970 bits per heavy atom. The maximum atomic E-state index is 13.5. The number of aromatic nitrogens is 1. The van der Waals surface area contributed by atoms with E-state index < -0.39 is 0 Å². The molecule has 1 aliphatic heterocycles. The van der Waals surface area contributed by atoms with E-state index >= 15 is 0 Å². The van der Waals surface area contributed by atoms with Crippen molar-refractivity contribution in [3.05, 3.63) is 94.9 Å². The molecule has 0 spiro atoms. The van der Waals surface area contributed by atoms with E-state index in [9.17, 15) is 9.59 Å². The first kappa shape index (κ1) is 22.3. The molecule has 0 saturated carbocycles. The van der Waals surface area contributed by atoms with E-state index in [2.05, 4.69) is 10.3 Å². The summed E-state index contributed by atoms with van der Waals surface area (Å²) in [7, 11) is 0. The van der Waals surface area contributed by atoms with Crippen molar-refractivity contribution in [2.45, 2.75) is 40.3 Å². The van der Waals surface area contributed by atoms with Gasteiger partial charge in [-0.05, 0) is 74.7 Å². The summed E-state index contributed by atoms with van der Waals surface area (Å²) in [5, 5.41) is 3.26. The summed E-state index contributed by atoms with van der Waals surface area (Å²) < 4.78 is 5.73. The van der Waals surface area contributed by atoms with Gasteiger partial charge >= 0.3 is 0 Å². The lowest BCUT2D eigenvalue weighted by atomic mass is 10.0. The normalized spacial score (nSPS) is 13.8. The summed E-state index contributed by atoms with van der Waals surface area (Å²) in [5.74, 6) is -0.0134. The topological polar surface area (TPSA) is 71.5 Å². The molecule has 6 heteroatoms. The third kappa shape index (κ3) is 4.80. The zero-order chi connectivity index (χ0) is 23.5. The lowest BCUT2D eigenvalue weighted by Gasteiger charge is -2.15. The van der Waals surface area contributed by atoms with Crippen molar-refractivity contribution in [3.63, 3.8) is 0 Å². The molecule has 0 radical (unpaired) electrons. The molecule has 2 amide bonds. The van der Waals surface area contributed by atoms with Crippen LogP contribution in [0.15, 0.2) is 72.6 Å². The van der Waals surface area contributed by atoms with Crippen LogP contribution in [0.3, 0.4) is 0 Å². The van der Waals surface area contributed by atoms with Gasteiger partial charge in [-0.25, -0.2) is 0 Å². The van der Waals surface area contributed by atoms with E-state index in [0.717, 1.165) is 16.8 Å². The Kier molecular flexibility index (Phi) is 6.27.